The van der Waals surface area contributed by atoms with Gasteiger partial charge < -0.3 is 32.9 Å². The third kappa shape index (κ3) is 9.72. The van der Waals surface area contributed by atoms with E-state index in [4.69, 9.17) is 27.8 Å². The van der Waals surface area contributed by atoms with Gasteiger partial charge in [-0.05, 0) is 79.5 Å². The van der Waals surface area contributed by atoms with Crippen LogP contribution < -0.4 is 0 Å². The highest BCUT2D eigenvalue weighted by Crippen LogP contribution is 2.51. The SMILES string of the molecule is CC[C@H](C)[C@H]1O[C@@]2(C[C@@H]3C[C@@H](C/C=C(\C)[C@H](I)[C@@H](C)/C=C/C=C4\CO[C@@H]5[C@H](O[Si](C)(C)C(C)(C)C)C(C)=C[C@@H](C(=O)O3)[C@]45O)O2)C[C@H](O[Si](C)(C)C(C)(C)C)[C@@H]1C. The van der Waals surface area contributed by atoms with Crippen molar-refractivity contribution in [2.45, 2.75) is 203 Å². The number of hydrogen-bond donors (Lipinski definition) is 1. The van der Waals surface area contributed by atoms with Crippen molar-refractivity contribution in [2.75, 3.05) is 6.61 Å². The van der Waals surface area contributed by atoms with Crippen molar-refractivity contribution < 1.29 is 37.7 Å². The summed E-state index contributed by atoms with van der Waals surface area (Å²) in [5.74, 6) is -1.74. The number of carbonyl (C=O) groups excluding carboxylic acids is 1. The average Bonchev–Trinajstić information content (AvgIpc) is 3.43. The van der Waals surface area contributed by atoms with E-state index in [0.717, 1.165) is 12.0 Å². The molecule has 4 aliphatic heterocycles. The van der Waals surface area contributed by atoms with E-state index >= 15 is 0 Å². The van der Waals surface area contributed by atoms with E-state index in [-0.39, 0.29) is 56.7 Å². The van der Waals surface area contributed by atoms with Crippen LogP contribution in [0.2, 0.25) is 36.3 Å². The lowest BCUT2D eigenvalue weighted by Crippen LogP contribution is -2.62. The molecule has 13 atom stereocenters. The highest BCUT2D eigenvalue weighted by atomic mass is 127. The van der Waals surface area contributed by atoms with E-state index in [2.05, 4.69) is 137 Å². The van der Waals surface area contributed by atoms with Gasteiger partial charge in [-0.2, -0.15) is 0 Å². The lowest BCUT2D eigenvalue weighted by Gasteiger charge is -2.55. The lowest BCUT2D eigenvalue weighted by molar-refractivity contribution is -0.353. The zero-order chi connectivity index (χ0) is 42.7. The molecule has 1 N–H and O–H groups in total. The van der Waals surface area contributed by atoms with E-state index in [1.165, 1.54) is 5.57 Å². The topological polar surface area (TPSA) is 92.7 Å². The van der Waals surface area contributed by atoms with E-state index in [0.29, 0.717) is 31.3 Å². The van der Waals surface area contributed by atoms with Crippen molar-refractivity contribution >= 4 is 45.2 Å². The molecule has 3 fully saturated rings. The number of ether oxygens (including phenoxy) is 4. The summed E-state index contributed by atoms with van der Waals surface area (Å²) in [5, 5.41) is 13.0. The fourth-order valence-electron chi connectivity index (χ4n) is 8.87. The summed E-state index contributed by atoms with van der Waals surface area (Å²) in [6.45, 7) is 36.0. The Morgan fingerprint density at radius 2 is 1.60 bits per heavy atom. The van der Waals surface area contributed by atoms with Gasteiger partial charge in [-0.3, -0.25) is 4.79 Å². The van der Waals surface area contributed by atoms with E-state index < -0.39 is 58.2 Å². The van der Waals surface area contributed by atoms with Crippen molar-refractivity contribution in [3.05, 3.63) is 47.1 Å². The van der Waals surface area contributed by atoms with Gasteiger partial charge in [-0.25, -0.2) is 0 Å². The van der Waals surface area contributed by atoms with Gasteiger partial charge in [0.1, 0.15) is 23.7 Å². The zero-order valence-corrected chi connectivity index (χ0v) is 42.3. The smallest absolute Gasteiger partial charge is 0.316 e. The highest BCUT2D eigenvalue weighted by molar-refractivity contribution is 14.1. The van der Waals surface area contributed by atoms with Gasteiger partial charge in [-0.15, -0.1) is 0 Å². The molecule has 1 spiro atoms. The Bertz CT molecular complexity index is 1590. The molecule has 11 heteroatoms. The average molecular weight is 941 g/mol. The molecule has 57 heavy (non-hydrogen) atoms. The van der Waals surface area contributed by atoms with Gasteiger partial charge in [0, 0.05) is 29.1 Å². The Balaban J connectivity index is 1.59. The Morgan fingerprint density at radius 1 is 0.965 bits per heavy atom. The summed E-state index contributed by atoms with van der Waals surface area (Å²) in [5.41, 5.74) is 1.19. The highest BCUT2D eigenvalue weighted by Gasteiger charge is 2.62. The van der Waals surface area contributed by atoms with Gasteiger partial charge >= 0.3 is 5.97 Å². The molecule has 0 aromatic heterocycles. The molecule has 8 nitrogen and oxygen atoms in total. The summed E-state index contributed by atoms with van der Waals surface area (Å²) in [6, 6.07) is 0. The van der Waals surface area contributed by atoms with Crippen molar-refractivity contribution in [1.82, 2.24) is 0 Å². The molecule has 324 valence electrons. The molecule has 3 saturated heterocycles. The third-order valence-corrected chi connectivity index (χ3v) is 26.0. The second-order valence-electron chi connectivity index (χ2n) is 21.4. The molecular formula is C46H77IO8Si2. The summed E-state index contributed by atoms with van der Waals surface area (Å²) in [7, 11) is -4.46. The first kappa shape index (κ1) is 47.4. The van der Waals surface area contributed by atoms with Crippen LogP contribution in [-0.4, -0.2) is 86.3 Å². The number of hydrogen-bond acceptors (Lipinski definition) is 8. The van der Waals surface area contributed by atoms with Gasteiger partial charge in [0.05, 0.1) is 31.0 Å². The van der Waals surface area contributed by atoms with Crippen LogP contribution in [0, 0.1) is 23.7 Å². The van der Waals surface area contributed by atoms with Crippen molar-refractivity contribution in [3.63, 3.8) is 0 Å². The number of rotatable bonds is 6. The number of carbonyl (C=O) groups is 1. The van der Waals surface area contributed by atoms with Crippen LogP contribution in [0.3, 0.4) is 0 Å². The summed E-state index contributed by atoms with van der Waals surface area (Å²) in [6.07, 6.45) is 11.4. The van der Waals surface area contributed by atoms with E-state index in [1.54, 1.807) is 0 Å². The van der Waals surface area contributed by atoms with Crippen LogP contribution in [-0.2, 0) is 32.6 Å². The molecule has 1 aliphatic carbocycles. The monoisotopic (exact) mass is 940 g/mol. The van der Waals surface area contributed by atoms with Crippen LogP contribution in [0.25, 0.3) is 0 Å². The zero-order valence-electron chi connectivity index (χ0n) is 38.2. The molecule has 5 rings (SSSR count). The number of allylic oxidation sites excluding steroid dienone is 4. The quantitative estimate of drug-likeness (QED) is 0.0926. The number of aliphatic hydroxyl groups is 1. The summed E-state index contributed by atoms with van der Waals surface area (Å²) < 4.78 is 42.1. The van der Waals surface area contributed by atoms with Crippen LogP contribution in [0.5, 0.6) is 0 Å². The number of fused-ring (bicyclic) bond motifs is 2. The maximum atomic E-state index is 14.8. The molecule has 0 unspecified atom stereocenters. The van der Waals surface area contributed by atoms with E-state index in [9.17, 15) is 9.90 Å². The predicted octanol–water partition coefficient (Wildman–Crippen LogP) is 11.0. The summed E-state index contributed by atoms with van der Waals surface area (Å²) >= 11 is 2.54. The molecule has 5 aliphatic rings. The van der Waals surface area contributed by atoms with Gasteiger partial charge in [0.2, 0.25) is 0 Å². The molecule has 4 heterocycles. The molecule has 0 amide bonds. The minimum Gasteiger partial charge on any atom is -0.462 e. The molecule has 0 aromatic rings. The van der Waals surface area contributed by atoms with Crippen LogP contribution >= 0.6 is 22.6 Å². The van der Waals surface area contributed by atoms with Crippen molar-refractivity contribution in [1.29, 1.82) is 0 Å². The van der Waals surface area contributed by atoms with Gasteiger partial charge in [0.25, 0.3) is 0 Å². The normalized spacial score (nSPS) is 41.6. The standard InChI is InChI=1S/C46H77IO8Si2/c1-17-28(2)39-32(6)37(54-56(13,14)43(7,8)9)26-45(53-39)25-35-24-34(52-45)22-21-30(4)38(47)29(3)19-18-20-33-27-50-41-40(55-57(15,16)44(10,11)12)31(5)23-36(42(48)51-35)46(33,41)49/h18-21,23,28-29,32,34-41,49H,17,22,24-27H2,1-16H3/b19-18+,30-21+,33-20+/t28-,29-,32-,34+,35-,36-,37-,38+,39+,40+,41+,45-,46+/m0/s1. The van der Waals surface area contributed by atoms with Gasteiger partial charge in [-0.1, -0.05) is 134 Å². The number of halogens is 1. The van der Waals surface area contributed by atoms with Crippen molar-refractivity contribution in [3.8, 4) is 0 Å². The van der Waals surface area contributed by atoms with Crippen LogP contribution in [0.1, 0.15) is 115 Å². The summed E-state index contributed by atoms with van der Waals surface area (Å²) in [4.78, 5) is 14.8. The Morgan fingerprint density at radius 3 is 2.21 bits per heavy atom. The minimum atomic E-state index is -2.30. The molecule has 0 radical (unpaired) electrons. The Labute approximate surface area is 361 Å². The van der Waals surface area contributed by atoms with Crippen molar-refractivity contribution in [2.24, 2.45) is 23.7 Å². The third-order valence-electron chi connectivity index (χ3n) is 14.9. The minimum absolute atomic E-state index is 0.0427. The fourth-order valence-corrected chi connectivity index (χ4v) is 12.1. The molecule has 2 bridgehead atoms. The largest absolute Gasteiger partial charge is 0.462 e. The first-order chi connectivity index (χ1) is 26.2. The first-order valence-electron chi connectivity index (χ1n) is 21.8. The van der Waals surface area contributed by atoms with E-state index in [1.807, 2.05) is 25.2 Å². The predicted molar refractivity (Wildman–Crippen MR) is 243 cm³/mol. The maximum absolute atomic E-state index is 14.8. The van der Waals surface area contributed by atoms with Gasteiger partial charge in [0.15, 0.2) is 22.4 Å². The molecule has 0 saturated carbocycles. The molecule has 0 aromatic carbocycles. The molecular weight excluding hydrogens is 864 g/mol. The fraction of sp³-hybridized carbons (Fsp3) is 0.804. The maximum Gasteiger partial charge on any atom is 0.316 e. The second-order valence-corrected chi connectivity index (χ2v) is 32.2. The first-order valence-corrected chi connectivity index (χ1v) is 28.8. The second kappa shape index (κ2) is 17.3. The lowest BCUT2D eigenvalue weighted by atomic mass is 9.71. The number of esters is 1. The number of alkyl halides is 1. The van der Waals surface area contributed by atoms with Crippen LogP contribution in [0.4, 0.5) is 0 Å². The Hall–Kier alpha value is -0.646. The Kier molecular flexibility index (Phi) is 14.3. The van der Waals surface area contributed by atoms with Crippen LogP contribution in [0.15, 0.2) is 47.1 Å².